The standard InChI is InChI=1S/C26H25ClF2N2O3/c27-21-11-5-4-9-19(21)13-30(14-20-10-6-12-22(28)25(20)29)23-15-31(16-24(23)32)26(33)34-17-18-7-2-1-3-8-18/h1-12,23-24,32H,13-17H2/t23-,24-/m1/s1. The number of carbonyl (C=O) groups is 1. The Hall–Kier alpha value is -3.00. The Morgan fingerprint density at radius 3 is 2.41 bits per heavy atom. The highest BCUT2D eigenvalue weighted by Gasteiger charge is 2.39. The number of likely N-dealkylation sites (tertiary alicyclic amines) is 1. The molecule has 1 fully saturated rings. The van der Waals surface area contributed by atoms with E-state index in [0.29, 0.717) is 5.02 Å². The van der Waals surface area contributed by atoms with Crippen LogP contribution in [0.2, 0.25) is 5.02 Å². The average Bonchev–Trinajstić information content (AvgIpc) is 3.23. The number of benzene rings is 3. The van der Waals surface area contributed by atoms with Crippen molar-refractivity contribution in [3.63, 3.8) is 0 Å². The normalized spacial score (nSPS) is 17.9. The fourth-order valence-electron chi connectivity index (χ4n) is 4.11. The molecule has 3 aromatic carbocycles. The molecule has 5 nitrogen and oxygen atoms in total. The van der Waals surface area contributed by atoms with E-state index in [1.807, 2.05) is 47.4 Å². The van der Waals surface area contributed by atoms with E-state index in [-0.39, 0.29) is 38.3 Å². The zero-order chi connectivity index (χ0) is 24.1. The maximum Gasteiger partial charge on any atom is 0.410 e. The van der Waals surface area contributed by atoms with Crippen LogP contribution in [0.4, 0.5) is 13.6 Å². The van der Waals surface area contributed by atoms with Crippen LogP contribution in [0.1, 0.15) is 16.7 Å². The number of aliphatic hydroxyl groups excluding tert-OH is 1. The molecule has 8 heteroatoms. The summed E-state index contributed by atoms with van der Waals surface area (Å²) in [4.78, 5) is 15.9. The van der Waals surface area contributed by atoms with E-state index in [2.05, 4.69) is 0 Å². The van der Waals surface area contributed by atoms with Gasteiger partial charge in [-0.1, -0.05) is 72.3 Å². The lowest BCUT2D eigenvalue weighted by Gasteiger charge is -2.31. The summed E-state index contributed by atoms with van der Waals surface area (Å²) in [7, 11) is 0. The van der Waals surface area contributed by atoms with Gasteiger partial charge in [-0.3, -0.25) is 4.90 Å². The van der Waals surface area contributed by atoms with E-state index >= 15 is 0 Å². The van der Waals surface area contributed by atoms with Crippen LogP contribution in [0.5, 0.6) is 0 Å². The second-order valence-electron chi connectivity index (χ2n) is 8.29. The lowest BCUT2D eigenvalue weighted by atomic mass is 10.1. The van der Waals surface area contributed by atoms with Crippen LogP contribution in [-0.2, 0) is 24.4 Å². The SMILES string of the molecule is O=C(OCc1ccccc1)N1C[C@@H](O)[C@H](N(Cc2ccccc2Cl)Cc2cccc(F)c2F)C1. The van der Waals surface area contributed by atoms with Gasteiger partial charge in [-0.15, -0.1) is 0 Å². The molecule has 1 saturated heterocycles. The van der Waals surface area contributed by atoms with Crippen LogP contribution < -0.4 is 0 Å². The summed E-state index contributed by atoms with van der Waals surface area (Å²) in [6.45, 7) is 0.682. The van der Waals surface area contributed by atoms with Crippen LogP contribution in [0.3, 0.4) is 0 Å². The second-order valence-corrected chi connectivity index (χ2v) is 8.70. The van der Waals surface area contributed by atoms with Gasteiger partial charge in [0, 0.05) is 30.2 Å². The van der Waals surface area contributed by atoms with Crippen molar-refractivity contribution >= 4 is 17.7 Å². The Morgan fingerprint density at radius 2 is 1.65 bits per heavy atom. The highest BCUT2D eigenvalue weighted by Crippen LogP contribution is 2.26. The van der Waals surface area contributed by atoms with Crippen LogP contribution in [-0.4, -0.2) is 46.2 Å². The van der Waals surface area contributed by atoms with Crippen molar-refractivity contribution in [2.75, 3.05) is 13.1 Å². The molecule has 1 aliphatic rings. The summed E-state index contributed by atoms with van der Waals surface area (Å²) >= 11 is 6.34. The Balaban J connectivity index is 1.51. The number of hydrogen-bond donors (Lipinski definition) is 1. The van der Waals surface area contributed by atoms with Gasteiger partial charge < -0.3 is 14.7 Å². The lowest BCUT2D eigenvalue weighted by molar-refractivity contribution is 0.0720. The maximum atomic E-state index is 14.5. The summed E-state index contributed by atoms with van der Waals surface area (Å²) in [5, 5.41) is 11.3. The lowest BCUT2D eigenvalue weighted by Crippen LogP contribution is -2.43. The molecule has 1 heterocycles. The van der Waals surface area contributed by atoms with Gasteiger partial charge in [0.2, 0.25) is 0 Å². The summed E-state index contributed by atoms with van der Waals surface area (Å²) in [5.41, 5.74) is 1.79. The summed E-state index contributed by atoms with van der Waals surface area (Å²) < 4.78 is 33.7. The highest BCUT2D eigenvalue weighted by molar-refractivity contribution is 6.31. The quantitative estimate of drug-likeness (QED) is 0.510. The topological polar surface area (TPSA) is 53.0 Å². The number of hydrogen-bond acceptors (Lipinski definition) is 4. The number of aliphatic hydroxyl groups is 1. The van der Waals surface area contributed by atoms with Crippen LogP contribution in [0.25, 0.3) is 0 Å². The fourth-order valence-corrected chi connectivity index (χ4v) is 4.31. The molecule has 0 aliphatic carbocycles. The van der Waals surface area contributed by atoms with Crippen molar-refractivity contribution in [1.82, 2.24) is 9.80 Å². The zero-order valence-corrected chi connectivity index (χ0v) is 19.2. The van der Waals surface area contributed by atoms with E-state index in [1.165, 1.54) is 17.0 Å². The van der Waals surface area contributed by atoms with Gasteiger partial charge in [0.1, 0.15) is 6.61 Å². The van der Waals surface area contributed by atoms with Crippen LogP contribution >= 0.6 is 11.6 Å². The Kier molecular flexibility index (Phi) is 7.77. The Labute approximate surface area is 202 Å². The average molecular weight is 487 g/mol. The fraction of sp³-hybridized carbons (Fsp3) is 0.269. The molecule has 1 aliphatic heterocycles. The minimum atomic E-state index is -0.937. The van der Waals surface area contributed by atoms with E-state index in [1.54, 1.807) is 12.1 Å². The second kappa shape index (κ2) is 11.0. The summed E-state index contributed by atoms with van der Waals surface area (Å²) in [5.74, 6) is -1.87. The third kappa shape index (κ3) is 5.73. The number of amides is 1. The van der Waals surface area contributed by atoms with Gasteiger partial charge in [0.25, 0.3) is 0 Å². The molecule has 0 unspecified atom stereocenters. The Bertz CT molecular complexity index is 1130. The van der Waals surface area contributed by atoms with E-state index < -0.39 is 29.9 Å². The molecule has 0 radical (unpaired) electrons. The molecule has 0 saturated carbocycles. The van der Waals surface area contributed by atoms with Gasteiger partial charge >= 0.3 is 6.09 Å². The molecular weight excluding hydrogens is 462 g/mol. The maximum absolute atomic E-state index is 14.5. The first-order valence-electron chi connectivity index (χ1n) is 11.0. The first kappa shape index (κ1) is 24.1. The molecule has 0 bridgehead atoms. The van der Waals surface area contributed by atoms with Gasteiger partial charge in [0.15, 0.2) is 11.6 Å². The third-order valence-corrected chi connectivity index (χ3v) is 6.30. The van der Waals surface area contributed by atoms with Crippen LogP contribution in [0, 0.1) is 11.6 Å². The van der Waals surface area contributed by atoms with E-state index in [0.717, 1.165) is 17.2 Å². The van der Waals surface area contributed by atoms with Crippen LogP contribution in [0.15, 0.2) is 72.8 Å². The number of halogens is 3. The van der Waals surface area contributed by atoms with Gasteiger partial charge in [-0.05, 0) is 23.3 Å². The van der Waals surface area contributed by atoms with Crippen molar-refractivity contribution in [2.24, 2.45) is 0 Å². The molecule has 1 amide bonds. The summed E-state index contributed by atoms with van der Waals surface area (Å²) in [6.07, 6.45) is -1.44. The first-order valence-corrected chi connectivity index (χ1v) is 11.3. The van der Waals surface area contributed by atoms with E-state index in [4.69, 9.17) is 16.3 Å². The van der Waals surface area contributed by atoms with Crippen molar-refractivity contribution < 1.29 is 23.4 Å². The van der Waals surface area contributed by atoms with Gasteiger partial charge in [0.05, 0.1) is 18.7 Å². The van der Waals surface area contributed by atoms with Crippen molar-refractivity contribution in [3.05, 3.63) is 106 Å². The highest BCUT2D eigenvalue weighted by atomic mass is 35.5. The molecule has 34 heavy (non-hydrogen) atoms. The minimum Gasteiger partial charge on any atom is -0.445 e. The first-order chi connectivity index (χ1) is 16.4. The van der Waals surface area contributed by atoms with Crippen molar-refractivity contribution in [1.29, 1.82) is 0 Å². The molecular formula is C26H25ClF2N2O3. The summed E-state index contributed by atoms with van der Waals surface area (Å²) in [6, 6.07) is 20.0. The van der Waals surface area contributed by atoms with Crippen molar-refractivity contribution in [3.8, 4) is 0 Å². The molecule has 1 N–H and O–H groups in total. The largest absolute Gasteiger partial charge is 0.445 e. The third-order valence-electron chi connectivity index (χ3n) is 5.93. The number of carbonyl (C=O) groups excluding carboxylic acids is 1. The van der Waals surface area contributed by atoms with Crippen molar-refractivity contribution in [2.45, 2.75) is 31.8 Å². The van der Waals surface area contributed by atoms with E-state index in [9.17, 15) is 18.7 Å². The monoisotopic (exact) mass is 486 g/mol. The predicted molar refractivity (Wildman–Crippen MR) is 125 cm³/mol. The van der Waals surface area contributed by atoms with Gasteiger partial charge in [-0.25, -0.2) is 13.6 Å². The molecule has 0 spiro atoms. The molecule has 178 valence electrons. The zero-order valence-electron chi connectivity index (χ0n) is 18.4. The Morgan fingerprint density at radius 1 is 0.971 bits per heavy atom. The molecule has 0 aromatic heterocycles. The number of rotatable bonds is 7. The number of β-amino-alcohol motifs (C(OH)–C–C–N with tert-alkyl or cyclic N) is 1. The molecule has 4 rings (SSSR count). The number of ether oxygens (including phenoxy) is 1. The smallest absolute Gasteiger partial charge is 0.410 e. The van der Waals surface area contributed by atoms with Gasteiger partial charge in [-0.2, -0.15) is 0 Å². The molecule has 3 aromatic rings. The number of nitrogens with zero attached hydrogens (tertiary/aromatic N) is 2. The minimum absolute atomic E-state index is 0.0312. The predicted octanol–water partition coefficient (Wildman–Crippen LogP) is 5.00. The molecule has 2 atom stereocenters.